The number of methoxy groups -OCH3 is 1. The first-order chi connectivity index (χ1) is 17.2. The summed E-state index contributed by atoms with van der Waals surface area (Å²) in [6.45, 7) is 0.492. The molecular weight excluding hydrogens is 472 g/mol. The van der Waals surface area contributed by atoms with Crippen LogP contribution in [0.5, 0.6) is 5.75 Å². The van der Waals surface area contributed by atoms with Crippen LogP contribution in [-0.2, 0) is 9.59 Å². The van der Waals surface area contributed by atoms with Gasteiger partial charge in [0, 0.05) is 35.8 Å². The van der Waals surface area contributed by atoms with E-state index in [0.29, 0.717) is 36.0 Å². The number of alkyl halides is 2. The largest absolute Gasteiger partial charge is 0.496 e. The van der Waals surface area contributed by atoms with Crippen LogP contribution in [0, 0.1) is 23.2 Å². The van der Waals surface area contributed by atoms with E-state index >= 15 is 0 Å². The average molecular weight is 500 g/mol. The van der Waals surface area contributed by atoms with Crippen molar-refractivity contribution in [3.05, 3.63) is 30.0 Å². The first-order valence-electron chi connectivity index (χ1n) is 12.1. The van der Waals surface area contributed by atoms with Gasteiger partial charge in [0.1, 0.15) is 23.5 Å². The second kappa shape index (κ2) is 9.08. The van der Waals surface area contributed by atoms with E-state index in [-0.39, 0.29) is 24.4 Å². The number of nitrogens with zero attached hydrogens (tertiary/aromatic N) is 2. The number of ether oxygens (including phenoxy) is 1. The number of carbonyl (C=O) groups is 3. The summed E-state index contributed by atoms with van der Waals surface area (Å²) in [6.07, 6.45) is 0.570. The van der Waals surface area contributed by atoms with Crippen molar-refractivity contribution in [2.45, 2.75) is 56.2 Å². The molecule has 3 aliphatic heterocycles. The number of amides is 3. The molecule has 0 spiro atoms. The lowest BCUT2D eigenvalue weighted by molar-refractivity contribution is -0.179. The number of carbonyl (C=O) groups excluding carboxylic acids is 3. The highest BCUT2D eigenvalue weighted by Crippen LogP contribution is 2.49. The zero-order chi connectivity index (χ0) is 25.6. The summed E-state index contributed by atoms with van der Waals surface area (Å²) in [7, 11) is 1.51. The number of halogens is 2. The van der Waals surface area contributed by atoms with Gasteiger partial charge in [0.2, 0.25) is 11.8 Å². The van der Waals surface area contributed by atoms with E-state index in [9.17, 15) is 28.4 Å². The van der Waals surface area contributed by atoms with Crippen LogP contribution in [-0.4, -0.2) is 65.3 Å². The number of aromatic nitrogens is 1. The predicted molar refractivity (Wildman–Crippen MR) is 124 cm³/mol. The number of H-pyrrole nitrogens is 1. The number of nitrogens with one attached hydrogen (secondary N) is 3. The van der Waals surface area contributed by atoms with Crippen LogP contribution in [0.25, 0.3) is 10.9 Å². The van der Waals surface area contributed by atoms with E-state index in [2.05, 4.69) is 15.6 Å². The molecule has 2 aromatic rings. The number of nitriles is 1. The number of aromatic amines is 1. The van der Waals surface area contributed by atoms with Gasteiger partial charge in [-0.3, -0.25) is 14.4 Å². The number of rotatable bonds is 6. The van der Waals surface area contributed by atoms with Crippen LogP contribution in [0.3, 0.4) is 0 Å². The molecule has 3 amide bonds. The van der Waals surface area contributed by atoms with Crippen molar-refractivity contribution >= 4 is 28.6 Å². The molecule has 11 heteroatoms. The summed E-state index contributed by atoms with van der Waals surface area (Å²) >= 11 is 0. The lowest BCUT2D eigenvalue weighted by Gasteiger charge is -2.53. The maximum atomic E-state index is 15.0. The second-order valence-corrected chi connectivity index (χ2v) is 9.77. The first-order valence-corrected chi connectivity index (χ1v) is 12.1. The normalized spacial score (nSPS) is 27.4. The average Bonchev–Trinajstić information content (AvgIpc) is 3.48. The minimum absolute atomic E-state index is 0.0844. The van der Waals surface area contributed by atoms with Crippen molar-refractivity contribution in [3.8, 4) is 11.8 Å². The highest BCUT2D eigenvalue weighted by atomic mass is 19.3. The van der Waals surface area contributed by atoms with Crippen LogP contribution in [0.4, 0.5) is 8.78 Å². The fourth-order valence-corrected chi connectivity index (χ4v) is 5.91. The zero-order valence-electron chi connectivity index (χ0n) is 19.7. The third kappa shape index (κ3) is 4.04. The van der Waals surface area contributed by atoms with Crippen LogP contribution >= 0.6 is 0 Å². The summed E-state index contributed by atoms with van der Waals surface area (Å²) in [6, 6.07) is 5.57. The number of benzene rings is 1. The van der Waals surface area contributed by atoms with Gasteiger partial charge in [-0.25, -0.2) is 8.78 Å². The Balaban J connectivity index is 1.43. The van der Waals surface area contributed by atoms with E-state index in [0.717, 1.165) is 0 Å². The summed E-state index contributed by atoms with van der Waals surface area (Å²) in [5.41, 5.74) is 0.813. The molecule has 36 heavy (non-hydrogen) atoms. The maximum Gasteiger partial charge on any atom is 0.271 e. The van der Waals surface area contributed by atoms with Crippen LogP contribution < -0.4 is 15.4 Å². The molecule has 1 saturated carbocycles. The van der Waals surface area contributed by atoms with E-state index in [1.54, 1.807) is 24.3 Å². The SMILES string of the molecule is COc1cccc2[nH]c(C(=O)N3[C@H]4CC[C@@H]([C@@H]3C(=O)N[C@H](C#N)C[C@H]3CCNC3=O)C(F)(F)C4)cc12. The zero-order valence-corrected chi connectivity index (χ0v) is 19.7. The molecule has 190 valence electrons. The number of hydrogen-bond acceptors (Lipinski definition) is 5. The van der Waals surface area contributed by atoms with Crippen molar-refractivity contribution < 1.29 is 27.9 Å². The van der Waals surface area contributed by atoms with Crippen LogP contribution in [0.2, 0.25) is 0 Å². The highest BCUT2D eigenvalue weighted by molar-refractivity contribution is 6.02. The molecule has 4 aliphatic rings. The Kier molecular flexibility index (Phi) is 6.06. The molecule has 1 aromatic heterocycles. The fourth-order valence-electron chi connectivity index (χ4n) is 5.91. The van der Waals surface area contributed by atoms with Gasteiger partial charge in [-0.1, -0.05) is 6.07 Å². The fraction of sp³-hybridized carbons (Fsp3) is 0.520. The van der Waals surface area contributed by atoms with E-state index in [1.165, 1.54) is 12.0 Å². The van der Waals surface area contributed by atoms with Gasteiger partial charge >= 0.3 is 0 Å². The lowest BCUT2D eigenvalue weighted by atomic mass is 9.71. The third-order valence-corrected chi connectivity index (χ3v) is 7.67. The molecule has 9 nitrogen and oxygen atoms in total. The second-order valence-electron chi connectivity index (χ2n) is 9.77. The van der Waals surface area contributed by atoms with Gasteiger partial charge in [0.25, 0.3) is 11.8 Å². The van der Waals surface area contributed by atoms with E-state index < -0.39 is 54.1 Å². The third-order valence-electron chi connectivity index (χ3n) is 7.67. The molecule has 3 saturated heterocycles. The van der Waals surface area contributed by atoms with Crippen LogP contribution in [0.1, 0.15) is 42.6 Å². The molecule has 4 fully saturated rings. The van der Waals surface area contributed by atoms with Gasteiger partial charge in [-0.15, -0.1) is 0 Å². The molecule has 4 heterocycles. The summed E-state index contributed by atoms with van der Waals surface area (Å²) in [5.74, 6) is -5.90. The summed E-state index contributed by atoms with van der Waals surface area (Å²) in [4.78, 5) is 43.3. The molecule has 0 radical (unpaired) electrons. The first kappa shape index (κ1) is 24.0. The standard InChI is InChI=1S/C25H27F2N5O4/c1-36-20-4-2-3-18-16(20)10-19(31-18)24(35)32-15-5-6-17(25(26,27)11-15)21(32)23(34)30-14(12-28)9-13-7-8-29-22(13)33/h2-4,10,13-15,17,21,31H,5-9,11H2,1H3,(H,29,33)(H,30,34)/t13-,14+,15+,17+,21-/m1/s1. The van der Waals surface area contributed by atoms with E-state index in [1.807, 2.05) is 6.07 Å². The minimum atomic E-state index is -3.11. The molecule has 1 aliphatic carbocycles. The minimum Gasteiger partial charge on any atom is -0.496 e. The van der Waals surface area contributed by atoms with Crippen molar-refractivity contribution in [1.29, 1.82) is 5.26 Å². The van der Waals surface area contributed by atoms with Gasteiger partial charge in [0.05, 0.1) is 19.1 Å². The summed E-state index contributed by atoms with van der Waals surface area (Å²) < 4.78 is 35.3. The Morgan fingerprint density at radius 1 is 1.33 bits per heavy atom. The van der Waals surface area contributed by atoms with Gasteiger partial charge in [-0.05, 0) is 43.9 Å². The van der Waals surface area contributed by atoms with Crippen molar-refractivity contribution in [2.24, 2.45) is 11.8 Å². The van der Waals surface area contributed by atoms with E-state index in [4.69, 9.17) is 4.74 Å². The van der Waals surface area contributed by atoms with Crippen molar-refractivity contribution in [2.75, 3.05) is 13.7 Å². The van der Waals surface area contributed by atoms with Crippen molar-refractivity contribution in [3.63, 3.8) is 0 Å². The number of fused-ring (bicyclic) bond motifs is 4. The Bertz CT molecular complexity index is 1250. The quantitative estimate of drug-likeness (QED) is 0.562. The predicted octanol–water partition coefficient (Wildman–Crippen LogP) is 2.34. The molecule has 2 bridgehead atoms. The summed E-state index contributed by atoms with van der Waals surface area (Å²) in [5, 5.41) is 15.5. The van der Waals surface area contributed by atoms with Gasteiger partial charge in [0.15, 0.2) is 0 Å². The Morgan fingerprint density at radius 2 is 2.14 bits per heavy atom. The van der Waals surface area contributed by atoms with Crippen LogP contribution in [0.15, 0.2) is 24.3 Å². The molecule has 3 N–H and O–H groups in total. The van der Waals surface area contributed by atoms with Gasteiger partial charge < -0.3 is 25.3 Å². The smallest absolute Gasteiger partial charge is 0.271 e. The lowest BCUT2D eigenvalue weighted by Crippen LogP contribution is -2.68. The molecule has 1 aromatic carbocycles. The molecule has 6 rings (SSSR count). The molecule has 5 atom stereocenters. The van der Waals surface area contributed by atoms with Crippen molar-refractivity contribution in [1.82, 2.24) is 20.5 Å². The Morgan fingerprint density at radius 3 is 2.81 bits per heavy atom. The monoisotopic (exact) mass is 499 g/mol. The van der Waals surface area contributed by atoms with Gasteiger partial charge in [-0.2, -0.15) is 5.26 Å². The Hall–Kier alpha value is -3.68. The Labute approximate surface area is 206 Å². The highest BCUT2D eigenvalue weighted by Gasteiger charge is 2.60. The number of hydrogen-bond donors (Lipinski definition) is 3. The topological polar surface area (TPSA) is 127 Å². The molecular formula is C25H27F2N5O4. The molecule has 0 unspecified atom stereocenters. The maximum absolute atomic E-state index is 15.0. The number of piperidine rings is 2.